The molecule has 1 N–H and O–H groups in total. The quantitative estimate of drug-likeness (QED) is 0.691. The molecule has 0 saturated heterocycles. The summed E-state index contributed by atoms with van der Waals surface area (Å²) in [6.45, 7) is 1.83. The highest BCUT2D eigenvalue weighted by atomic mass is 32.2. The highest BCUT2D eigenvalue weighted by Crippen LogP contribution is 2.33. The fourth-order valence-electron chi connectivity index (χ4n) is 3.29. The van der Waals surface area contributed by atoms with E-state index in [4.69, 9.17) is 0 Å². The molecule has 3 heterocycles. The van der Waals surface area contributed by atoms with E-state index in [1.54, 1.807) is 29.5 Å². The lowest BCUT2D eigenvalue weighted by atomic mass is 10.0. The molecule has 5 nitrogen and oxygen atoms in total. The molecule has 0 bridgehead atoms. The zero-order valence-electron chi connectivity index (χ0n) is 14.6. The van der Waals surface area contributed by atoms with E-state index in [9.17, 15) is 13.2 Å². The third-order valence-corrected chi connectivity index (χ3v) is 8.37. The van der Waals surface area contributed by atoms with Gasteiger partial charge in [-0.25, -0.2) is 13.4 Å². The number of carbonyl (C=O) groups is 1. The minimum Gasteiger partial charge on any atom is -0.344 e. The van der Waals surface area contributed by atoms with Gasteiger partial charge in [0.25, 0.3) is 5.91 Å². The first kappa shape index (κ1) is 18.3. The molecule has 0 saturated carbocycles. The summed E-state index contributed by atoms with van der Waals surface area (Å²) >= 11 is 2.96. The molecule has 140 valence electrons. The average Bonchev–Trinajstić information content (AvgIpc) is 3.27. The number of amides is 1. The molecule has 0 aliphatic carbocycles. The fourth-order valence-corrected chi connectivity index (χ4v) is 6.59. The zero-order valence-corrected chi connectivity index (χ0v) is 17.1. The minimum absolute atomic E-state index is 0.109. The van der Waals surface area contributed by atoms with E-state index in [-0.39, 0.29) is 17.7 Å². The SMILES string of the molecule is Cc1nc(-c2ccsc2)sc1C(=O)N[C@H]1CCCS(=O)(=O)c2ccccc21. The van der Waals surface area contributed by atoms with Gasteiger partial charge in [-0.1, -0.05) is 18.2 Å². The zero-order chi connectivity index (χ0) is 19.0. The van der Waals surface area contributed by atoms with E-state index < -0.39 is 9.84 Å². The Labute approximate surface area is 166 Å². The summed E-state index contributed by atoms with van der Waals surface area (Å²) in [5, 5.41) is 7.85. The molecule has 8 heteroatoms. The van der Waals surface area contributed by atoms with Crippen molar-refractivity contribution in [3.63, 3.8) is 0 Å². The number of thiazole rings is 1. The number of aromatic nitrogens is 1. The Morgan fingerprint density at radius 3 is 2.85 bits per heavy atom. The van der Waals surface area contributed by atoms with Gasteiger partial charge in [-0.3, -0.25) is 4.79 Å². The second-order valence-corrected chi connectivity index (χ2v) is 10.3. The normalized spacial score (nSPS) is 18.5. The summed E-state index contributed by atoms with van der Waals surface area (Å²) in [5.41, 5.74) is 2.37. The van der Waals surface area contributed by atoms with Crippen LogP contribution in [-0.4, -0.2) is 25.1 Å². The molecular formula is C19H18N2O3S3. The van der Waals surface area contributed by atoms with Crippen LogP contribution in [0.3, 0.4) is 0 Å². The van der Waals surface area contributed by atoms with Crippen molar-refractivity contribution in [2.45, 2.75) is 30.7 Å². The molecule has 0 fully saturated rings. The maximum atomic E-state index is 12.9. The van der Waals surface area contributed by atoms with Crippen molar-refractivity contribution < 1.29 is 13.2 Å². The van der Waals surface area contributed by atoms with E-state index in [2.05, 4.69) is 10.3 Å². The maximum Gasteiger partial charge on any atom is 0.263 e. The average molecular weight is 419 g/mol. The molecule has 0 radical (unpaired) electrons. The Hall–Kier alpha value is -2.03. The van der Waals surface area contributed by atoms with E-state index >= 15 is 0 Å². The van der Waals surface area contributed by atoms with E-state index in [0.29, 0.717) is 33.9 Å². The predicted octanol–water partition coefficient (Wildman–Crippen LogP) is 4.22. The van der Waals surface area contributed by atoms with Crippen LogP contribution in [0.5, 0.6) is 0 Å². The predicted molar refractivity (Wildman–Crippen MR) is 108 cm³/mol. The van der Waals surface area contributed by atoms with Crippen molar-refractivity contribution in [3.05, 3.63) is 57.2 Å². The van der Waals surface area contributed by atoms with Crippen LogP contribution in [0, 0.1) is 6.92 Å². The van der Waals surface area contributed by atoms with E-state index in [1.165, 1.54) is 11.3 Å². The van der Waals surface area contributed by atoms with Crippen molar-refractivity contribution >= 4 is 38.4 Å². The second kappa shape index (κ2) is 7.18. The number of hydrogen-bond acceptors (Lipinski definition) is 6. The molecule has 1 aliphatic rings. The van der Waals surface area contributed by atoms with Crippen LogP contribution in [0.15, 0.2) is 46.0 Å². The third-order valence-electron chi connectivity index (χ3n) is 4.61. The smallest absolute Gasteiger partial charge is 0.263 e. The van der Waals surface area contributed by atoms with Crippen molar-refractivity contribution in [3.8, 4) is 10.6 Å². The summed E-state index contributed by atoms with van der Waals surface area (Å²) in [4.78, 5) is 18.3. The number of nitrogens with one attached hydrogen (secondary N) is 1. The Morgan fingerprint density at radius 2 is 2.07 bits per heavy atom. The van der Waals surface area contributed by atoms with Gasteiger partial charge in [-0.15, -0.1) is 11.3 Å². The van der Waals surface area contributed by atoms with Crippen molar-refractivity contribution in [2.75, 3.05) is 5.75 Å². The van der Waals surface area contributed by atoms with Gasteiger partial charge in [0.1, 0.15) is 9.88 Å². The van der Waals surface area contributed by atoms with Gasteiger partial charge in [0.2, 0.25) is 0 Å². The number of sulfone groups is 1. The molecule has 4 rings (SSSR count). The third kappa shape index (κ3) is 3.56. The first-order chi connectivity index (χ1) is 13.0. The molecule has 0 spiro atoms. The number of benzene rings is 1. The lowest BCUT2D eigenvalue weighted by Crippen LogP contribution is -2.28. The number of rotatable bonds is 3. The van der Waals surface area contributed by atoms with Crippen molar-refractivity contribution in [1.82, 2.24) is 10.3 Å². The van der Waals surface area contributed by atoms with Crippen LogP contribution in [0.1, 0.15) is 39.8 Å². The number of thiophene rings is 1. The first-order valence-corrected chi connectivity index (χ1v) is 12.0. The fraction of sp³-hybridized carbons (Fsp3) is 0.263. The second-order valence-electron chi connectivity index (χ2n) is 6.47. The van der Waals surface area contributed by atoms with Crippen molar-refractivity contribution in [1.29, 1.82) is 0 Å². The topological polar surface area (TPSA) is 76.1 Å². The number of aryl methyl sites for hydroxylation is 1. The Morgan fingerprint density at radius 1 is 1.26 bits per heavy atom. The van der Waals surface area contributed by atoms with Crippen LogP contribution < -0.4 is 5.32 Å². The highest BCUT2D eigenvalue weighted by molar-refractivity contribution is 7.91. The lowest BCUT2D eigenvalue weighted by molar-refractivity contribution is 0.0937. The minimum atomic E-state index is -3.31. The first-order valence-electron chi connectivity index (χ1n) is 8.58. The molecule has 2 aromatic heterocycles. The highest BCUT2D eigenvalue weighted by Gasteiger charge is 2.29. The molecule has 3 aromatic rings. The molecule has 1 aliphatic heterocycles. The summed E-state index contributed by atoms with van der Waals surface area (Å²) in [5.74, 6) is -0.0938. The Kier molecular flexibility index (Phi) is 4.88. The molecule has 0 unspecified atom stereocenters. The van der Waals surface area contributed by atoms with Crippen LogP contribution in [-0.2, 0) is 9.84 Å². The van der Waals surface area contributed by atoms with Gasteiger partial charge in [0.15, 0.2) is 9.84 Å². The van der Waals surface area contributed by atoms with Crippen LogP contribution in [0.25, 0.3) is 10.6 Å². The standard InChI is InChI=1S/C19H18N2O3S3/c1-12-17(26-19(20-12)13-8-9-25-11-13)18(22)21-15-6-4-10-27(23,24)16-7-3-2-5-14(15)16/h2-3,5,7-9,11,15H,4,6,10H2,1H3,(H,21,22)/t15-/m0/s1. The van der Waals surface area contributed by atoms with E-state index in [0.717, 1.165) is 10.6 Å². The van der Waals surface area contributed by atoms with Gasteiger partial charge in [0, 0.05) is 10.9 Å². The van der Waals surface area contributed by atoms with Crippen molar-refractivity contribution in [2.24, 2.45) is 0 Å². The number of nitrogens with zero attached hydrogens (tertiary/aromatic N) is 1. The van der Waals surface area contributed by atoms with Gasteiger partial charge in [-0.05, 0) is 42.8 Å². The maximum absolute atomic E-state index is 12.9. The van der Waals surface area contributed by atoms with Gasteiger partial charge in [0.05, 0.1) is 22.4 Å². The number of fused-ring (bicyclic) bond motifs is 1. The summed E-state index contributed by atoms with van der Waals surface area (Å²) < 4.78 is 24.9. The van der Waals surface area contributed by atoms with E-state index in [1.807, 2.05) is 29.8 Å². The summed E-state index contributed by atoms with van der Waals surface area (Å²) in [6.07, 6.45) is 1.11. The molecule has 1 aromatic carbocycles. The van der Waals surface area contributed by atoms with Gasteiger partial charge in [-0.2, -0.15) is 11.3 Å². The molecule has 1 atom stereocenters. The van der Waals surface area contributed by atoms with Crippen LogP contribution in [0.4, 0.5) is 0 Å². The number of carbonyl (C=O) groups excluding carboxylic acids is 1. The molecular weight excluding hydrogens is 400 g/mol. The monoisotopic (exact) mass is 418 g/mol. The molecule has 27 heavy (non-hydrogen) atoms. The summed E-state index contributed by atoms with van der Waals surface area (Å²) in [6, 6.07) is 8.61. The Balaban J connectivity index is 1.63. The van der Waals surface area contributed by atoms with Crippen LogP contribution in [0.2, 0.25) is 0 Å². The Bertz CT molecular complexity index is 1090. The largest absolute Gasteiger partial charge is 0.344 e. The molecule has 1 amide bonds. The lowest BCUT2D eigenvalue weighted by Gasteiger charge is -2.18. The van der Waals surface area contributed by atoms with Gasteiger partial charge >= 0.3 is 0 Å². The van der Waals surface area contributed by atoms with Crippen LogP contribution >= 0.6 is 22.7 Å². The van der Waals surface area contributed by atoms with Gasteiger partial charge < -0.3 is 5.32 Å². The summed E-state index contributed by atoms with van der Waals surface area (Å²) in [7, 11) is -3.31. The number of hydrogen-bond donors (Lipinski definition) is 1.